The number of carboxylic acids is 1. The van der Waals surface area contributed by atoms with Gasteiger partial charge in [0.2, 0.25) is 5.88 Å². The predicted octanol–water partition coefficient (Wildman–Crippen LogP) is 2.20. The van der Waals surface area contributed by atoms with Crippen LogP contribution < -0.4 is 4.74 Å². The van der Waals surface area contributed by atoms with Crippen LogP contribution in [-0.2, 0) is 4.79 Å². The smallest absolute Gasteiger partial charge is 0.307 e. The molecule has 1 amide bonds. The average Bonchev–Trinajstić information content (AvgIpc) is 3.21. The van der Waals surface area contributed by atoms with Crippen LogP contribution in [0.5, 0.6) is 5.88 Å². The second kappa shape index (κ2) is 5.83. The number of carboxylic acid groups (broad SMARTS) is 1. The molecule has 124 valence electrons. The molecular formula is C17H22N2O4. The van der Waals surface area contributed by atoms with Crippen LogP contribution in [0.4, 0.5) is 0 Å². The van der Waals surface area contributed by atoms with Crippen LogP contribution in [0.15, 0.2) is 18.2 Å². The van der Waals surface area contributed by atoms with Crippen molar-refractivity contribution in [1.82, 2.24) is 9.88 Å². The highest BCUT2D eigenvalue weighted by molar-refractivity contribution is 5.92. The van der Waals surface area contributed by atoms with Gasteiger partial charge in [-0.2, -0.15) is 0 Å². The monoisotopic (exact) mass is 318 g/mol. The molecule has 0 unspecified atom stereocenters. The summed E-state index contributed by atoms with van der Waals surface area (Å²) in [6, 6.07) is 5.20. The van der Waals surface area contributed by atoms with Crippen LogP contribution in [0.1, 0.15) is 43.6 Å². The first-order valence-electron chi connectivity index (χ1n) is 8.07. The second-order valence-corrected chi connectivity index (χ2v) is 6.78. The molecule has 1 N–H and O–H groups in total. The Morgan fingerprint density at radius 2 is 2.04 bits per heavy atom. The molecule has 1 saturated carbocycles. The maximum Gasteiger partial charge on any atom is 0.307 e. The van der Waals surface area contributed by atoms with Crippen molar-refractivity contribution in [3.8, 4) is 5.88 Å². The Morgan fingerprint density at radius 3 is 2.61 bits per heavy atom. The minimum atomic E-state index is -0.704. The van der Waals surface area contributed by atoms with Crippen LogP contribution in [0, 0.1) is 11.3 Å². The normalized spacial score (nSPS) is 22.2. The van der Waals surface area contributed by atoms with Crippen molar-refractivity contribution < 1.29 is 19.4 Å². The molecule has 2 heterocycles. The zero-order chi connectivity index (χ0) is 16.6. The molecular weight excluding hydrogens is 296 g/mol. The number of aliphatic carboxylic acids is 1. The highest BCUT2D eigenvalue weighted by Crippen LogP contribution is 2.59. The van der Waals surface area contributed by atoms with E-state index < -0.39 is 5.97 Å². The van der Waals surface area contributed by atoms with E-state index in [4.69, 9.17) is 9.84 Å². The van der Waals surface area contributed by atoms with E-state index in [1.54, 1.807) is 23.1 Å². The molecule has 1 spiro atoms. The van der Waals surface area contributed by atoms with Gasteiger partial charge < -0.3 is 14.7 Å². The molecule has 6 nitrogen and oxygen atoms in total. The fraction of sp³-hybridized carbons (Fsp3) is 0.588. The van der Waals surface area contributed by atoms with E-state index in [0.29, 0.717) is 24.7 Å². The van der Waals surface area contributed by atoms with E-state index in [9.17, 15) is 9.59 Å². The molecule has 1 aliphatic heterocycles. The lowest BCUT2D eigenvalue weighted by atomic mass is 9.90. The lowest BCUT2D eigenvalue weighted by Crippen LogP contribution is -2.40. The molecule has 6 heteroatoms. The number of pyridine rings is 1. The molecule has 1 aromatic rings. The van der Waals surface area contributed by atoms with Gasteiger partial charge in [-0.3, -0.25) is 9.59 Å². The third kappa shape index (κ3) is 3.16. The van der Waals surface area contributed by atoms with Crippen molar-refractivity contribution >= 4 is 11.9 Å². The van der Waals surface area contributed by atoms with Crippen LogP contribution in [-0.4, -0.2) is 46.1 Å². The van der Waals surface area contributed by atoms with Crippen molar-refractivity contribution in [2.75, 3.05) is 13.1 Å². The van der Waals surface area contributed by atoms with Crippen molar-refractivity contribution in [3.63, 3.8) is 0 Å². The predicted molar refractivity (Wildman–Crippen MR) is 83.3 cm³/mol. The van der Waals surface area contributed by atoms with Crippen molar-refractivity contribution in [2.45, 2.75) is 39.2 Å². The first-order chi connectivity index (χ1) is 10.9. The number of ether oxygens (including phenoxy) is 1. The SMILES string of the molecule is CC(C)Oc1cccc(C(=O)N2CCC3(CC2)C[C@@H]3C(=O)O)n1. The zero-order valence-electron chi connectivity index (χ0n) is 13.5. The largest absolute Gasteiger partial charge is 0.481 e. The number of aromatic nitrogens is 1. The Kier molecular flexibility index (Phi) is 4.00. The van der Waals surface area contributed by atoms with Crippen LogP contribution in [0.25, 0.3) is 0 Å². The number of rotatable bonds is 4. The number of amides is 1. The van der Waals surface area contributed by atoms with Crippen LogP contribution >= 0.6 is 0 Å². The van der Waals surface area contributed by atoms with Crippen molar-refractivity contribution in [2.24, 2.45) is 11.3 Å². The summed E-state index contributed by atoms with van der Waals surface area (Å²) in [4.78, 5) is 29.7. The maximum atomic E-state index is 12.6. The molecule has 1 saturated heterocycles. The van der Waals surface area contributed by atoms with E-state index in [2.05, 4.69) is 4.98 Å². The molecule has 23 heavy (non-hydrogen) atoms. The van der Waals surface area contributed by atoms with Crippen LogP contribution in [0.2, 0.25) is 0 Å². The fourth-order valence-corrected chi connectivity index (χ4v) is 3.41. The highest BCUT2D eigenvalue weighted by Gasteiger charge is 2.59. The molecule has 2 fully saturated rings. The van der Waals surface area contributed by atoms with Gasteiger partial charge in [-0.1, -0.05) is 6.07 Å². The Bertz CT molecular complexity index is 621. The van der Waals surface area contributed by atoms with Gasteiger partial charge in [0.15, 0.2) is 0 Å². The number of hydrogen-bond acceptors (Lipinski definition) is 4. The molecule has 0 aromatic carbocycles. The summed E-state index contributed by atoms with van der Waals surface area (Å²) in [5.74, 6) is -0.584. The summed E-state index contributed by atoms with van der Waals surface area (Å²) in [7, 11) is 0. The van der Waals surface area contributed by atoms with E-state index in [1.165, 1.54) is 0 Å². The number of carbonyl (C=O) groups is 2. The van der Waals surface area contributed by atoms with E-state index in [1.807, 2.05) is 13.8 Å². The summed E-state index contributed by atoms with van der Waals surface area (Å²) >= 11 is 0. The van der Waals surface area contributed by atoms with Gasteiger partial charge >= 0.3 is 5.97 Å². The van der Waals surface area contributed by atoms with Gasteiger partial charge in [0.05, 0.1) is 12.0 Å². The third-order valence-corrected chi connectivity index (χ3v) is 4.83. The lowest BCUT2D eigenvalue weighted by Gasteiger charge is -2.32. The zero-order valence-corrected chi connectivity index (χ0v) is 13.5. The number of carbonyl (C=O) groups excluding carboxylic acids is 1. The van der Waals surface area contributed by atoms with Gasteiger partial charge in [0.1, 0.15) is 5.69 Å². The topological polar surface area (TPSA) is 79.7 Å². The quantitative estimate of drug-likeness (QED) is 0.920. The molecule has 1 aliphatic carbocycles. The van der Waals surface area contributed by atoms with Gasteiger partial charge in [0.25, 0.3) is 5.91 Å². The summed E-state index contributed by atoms with van der Waals surface area (Å²) < 4.78 is 5.53. The Hall–Kier alpha value is -2.11. The Morgan fingerprint density at radius 1 is 1.35 bits per heavy atom. The van der Waals surface area contributed by atoms with E-state index in [-0.39, 0.29) is 23.3 Å². The minimum absolute atomic E-state index is 0.00511. The Labute approximate surface area is 135 Å². The second-order valence-electron chi connectivity index (χ2n) is 6.78. The van der Waals surface area contributed by atoms with Gasteiger partial charge in [0, 0.05) is 19.2 Å². The standard InChI is InChI=1S/C17H22N2O4/c1-11(2)23-14-5-3-4-13(18-14)15(20)19-8-6-17(7-9-19)10-12(17)16(21)22/h3-5,11-12H,6-10H2,1-2H3,(H,21,22)/t12-/m1/s1. The van der Waals surface area contributed by atoms with E-state index >= 15 is 0 Å². The minimum Gasteiger partial charge on any atom is -0.481 e. The summed E-state index contributed by atoms with van der Waals surface area (Å²) in [5.41, 5.74) is 0.309. The number of nitrogens with zero attached hydrogens (tertiary/aromatic N) is 2. The maximum absolute atomic E-state index is 12.6. The van der Waals surface area contributed by atoms with Crippen molar-refractivity contribution in [3.05, 3.63) is 23.9 Å². The van der Waals surface area contributed by atoms with Crippen molar-refractivity contribution in [1.29, 1.82) is 0 Å². The molecule has 2 aliphatic rings. The molecule has 3 rings (SSSR count). The van der Waals surface area contributed by atoms with Gasteiger partial charge in [-0.25, -0.2) is 4.98 Å². The third-order valence-electron chi connectivity index (χ3n) is 4.83. The van der Waals surface area contributed by atoms with Gasteiger partial charge in [-0.15, -0.1) is 0 Å². The van der Waals surface area contributed by atoms with Gasteiger partial charge in [-0.05, 0) is 44.6 Å². The highest BCUT2D eigenvalue weighted by atomic mass is 16.5. The number of hydrogen-bond donors (Lipinski definition) is 1. The summed E-state index contributed by atoms with van der Waals surface area (Å²) in [5, 5.41) is 9.12. The first-order valence-corrected chi connectivity index (χ1v) is 8.07. The molecule has 1 aromatic heterocycles. The molecule has 1 atom stereocenters. The Balaban J connectivity index is 1.63. The summed E-state index contributed by atoms with van der Waals surface area (Å²) in [6.07, 6.45) is 2.28. The lowest BCUT2D eigenvalue weighted by molar-refractivity contribution is -0.139. The summed E-state index contributed by atoms with van der Waals surface area (Å²) in [6.45, 7) is 5.02. The average molecular weight is 318 g/mol. The van der Waals surface area contributed by atoms with E-state index in [0.717, 1.165) is 19.3 Å². The number of piperidine rings is 1. The number of likely N-dealkylation sites (tertiary alicyclic amines) is 1. The molecule has 0 bridgehead atoms. The first kappa shape index (κ1) is 15.8. The fourth-order valence-electron chi connectivity index (χ4n) is 3.41. The molecule has 0 radical (unpaired) electrons. The van der Waals surface area contributed by atoms with Crippen LogP contribution in [0.3, 0.4) is 0 Å².